The molecule has 0 spiro atoms. The van der Waals surface area contributed by atoms with Gasteiger partial charge in [0.05, 0.1) is 20.8 Å². The van der Waals surface area contributed by atoms with Gasteiger partial charge in [-0.3, -0.25) is 4.79 Å². The van der Waals surface area contributed by atoms with E-state index in [1.807, 2.05) is 24.3 Å². The van der Waals surface area contributed by atoms with Crippen LogP contribution in [0.3, 0.4) is 0 Å². The van der Waals surface area contributed by atoms with Gasteiger partial charge in [-0.25, -0.2) is 0 Å². The van der Waals surface area contributed by atoms with Crippen molar-refractivity contribution in [1.29, 1.82) is 0 Å². The van der Waals surface area contributed by atoms with Crippen molar-refractivity contribution in [2.45, 2.75) is 6.42 Å². The summed E-state index contributed by atoms with van der Waals surface area (Å²) in [5.74, 6) is 1.69. The van der Waals surface area contributed by atoms with Gasteiger partial charge in [0.15, 0.2) is 5.78 Å². The van der Waals surface area contributed by atoms with Crippen molar-refractivity contribution >= 4 is 5.78 Å². The Morgan fingerprint density at radius 1 is 0.909 bits per heavy atom. The Morgan fingerprint density at radius 3 is 2.00 bits per heavy atom. The monoisotopic (exact) mass is 299 g/mol. The third-order valence-corrected chi connectivity index (χ3v) is 3.45. The number of carbonyl (C=O) groups is 1. The van der Waals surface area contributed by atoms with E-state index in [9.17, 15) is 4.79 Å². The Labute approximate surface area is 131 Å². The molecule has 0 saturated heterocycles. The van der Waals surface area contributed by atoms with Crippen molar-refractivity contribution in [3.63, 3.8) is 0 Å². The summed E-state index contributed by atoms with van der Waals surface area (Å²) >= 11 is 0. The topological polar surface area (TPSA) is 47.6 Å². The molecule has 0 atom stereocenters. The summed E-state index contributed by atoms with van der Waals surface area (Å²) in [4.78, 5) is 12.0. The van der Waals surface area contributed by atoms with Crippen LogP contribution in [-0.4, -0.2) is 33.1 Å². The maximum atomic E-state index is 12.0. The van der Waals surface area contributed by atoms with E-state index in [1.165, 1.54) is 5.56 Å². The van der Waals surface area contributed by atoms with Gasteiger partial charge < -0.3 is 14.8 Å². The predicted molar refractivity (Wildman–Crippen MR) is 86.9 cm³/mol. The normalized spacial score (nSPS) is 10.3. The maximum Gasteiger partial charge on any atom is 0.176 e. The molecule has 0 amide bonds. The summed E-state index contributed by atoms with van der Waals surface area (Å²) < 4.78 is 10.2. The second-order valence-electron chi connectivity index (χ2n) is 4.93. The molecule has 4 nitrogen and oxygen atoms in total. The van der Waals surface area contributed by atoms with Crippen molar-refractivity contribution in [1.82, 2.24) is 5.32 Å². The number of benzene rings is 2. The van der Waals surface area contributed by atoms with Gasteiger partial charge >= 0.3 is 0 Å². The van der Waals surface area contributed by atoms with Crippen LogP contribution < -0.4 is 14.8 Å². The molecule has 116 valence electrons. The number of carbonyl (C=O) groups excluding carboxylic acids is 1. The van der Waals surface area contributed by atoms with Crippen LogP contribution in [0.5, 0.6) is 11.5 Å². The molecule has 0 unspecified atom stereocenters. The fourth-order valence-corrected chi connectivity index (χ4v) is 2.11. The largest absolute Gasteiger partial charge is 0.497 e. The first-order chi connectivity index (χ1) is 10.7. The van der Waals surface area contributed by atoms with E-state index in [1.54, 1.807) is 38.5 Å². The molecule has 0 aromatic heterocycles. The standard InChI is InChI=1S/C18H21NO3/c1-21-16-7-3-14(4-8-16)11-12-19-13-18(20)15-5-9-17(22-2)10-6-15/h3-10,19H,11-13H2,1-2H3. The van der Waals surface area contributed by atoms with E-state index >= 15 is 0 Å². The lowest BCUT2D eigenvalue weighted by Gasteiger charge is -2.06. The fraction of sp³-hybridized carbons (Fsp3) is 0.278. The molecule has 22 heavy (non-hydrogen) atoms. The van der Waals surface area contributed by atoms with Crippen LogP contribution in [0.15, 0.2) is 48.5 Å². The molecule has 0 fully saturated rings. The van der Waals surface area contributed by atoms with E-state index in [2.05, 4.69) is 5.32 Å². The summed E-state index contributed by atoms with van der Waals surface area (Å²) in [5, 5.41) is 3.18. The summed E-state index contributed by atoms with van der Waals surface area (Å²) in [6, 6.07) is 15.1. The second kappa shape index (κ2) is 8.20. The molecule has 2 aromatic rings. The van der Waals surface area contributed by atoms with Gasteiger partial charge in [0, 0.05) is 5.56 Å². The zero-order valence-electron chi connectivity index (χ0n) is 13.0. The number of methoxy groups -OCH3 is 2. The van der Waals surface area contributed by atoms with Crippen LogP contribution in [0.1, 0.15) is 15.9 Å². The molecule has 0 radical (unpaired) electrons. The molecule has 0 saturated carbocycles. The molecule has 0 aliphatic rings. The molecule has 0 heterocycles. The molecule has 4 heteroatoms. The highest BCUT2D eigenvalue weighted by atomic mass is 16.5. The van der Waals surface area contributed by atoms with Crippen LogP contribution in [0.4, 0.5) is 0 Å². The smallest absolute Gasteiger partial charge is 0.176 e. The zero-order valence-corrected chi connectivity index (χ0v) is 13.0. The summed E-state index contributed by atoms with van der Waals surface area (Å²) in [5.41, 5.74) is 1.91. The molecule has 2 rings (SSSR count). The number of hydrogen-bond acceptors (Lipinski definition) is 4. The lowest BCUT2D eigenvalue weighted by molar-refractivity contribution is 0.0991. The van der Waals surface area contributed by atoms with Crippen LogP contribution in [0.2, 0.25) is 0 Å². The number of ether oxygens (including phenoxy) is 2. The lowest BCUT2D eigenvalue weighted by atomic mass is 10.1. The summed E-state index contributed by atoms with van der Waals surface area (Å²) in [7, 11) is 3.26. The Balaban J connectivity index is 1.74. The quantitative estimate of drug-likeness (QED) is 0.601. The van der Waals surface area contributed by atoms with Crippen LogP contribution in [-0.2, 0) is 6.42 Å². The van der Waals surface area contributed by atoms with Gasteiger partial charge in [0.25, 0.3) is 0 Å². The molecule has 0 bridgehead atoms. The van der Waals surface area contributed by atoms with Gasteiger partial charge in [-0.1, -0.05) is 12.1 Å². The number of Topliss-reactive ketones (excluding diaryl/α,β-unsaturated/α-hetero) is 1. The minimum Gasteiger partial charge on any atom is -0.497 e. The highest BCUT2D eigenvalue weighted by Crippen LogP contribution is 2.12. The van der Waals surface area contributed by atoms with E-state index in [0.29, 0.717) is 12.1 Å². The van der Waals surface area contributed by atoms with Gasteiger partial charge in [0.1, 0.15) is 11.5 Å². The first kappa shape index (κ1) is 16.0. The van der Waals surface area contributed by atoms with Gasteiger partial charge in [-0.15, -0.1) is 0 Å². The van der Waals surface area contributed by atoms with Crippen molar-refractivity contribution in [2.75, 3.05) is 27.3 Å². The highest BCUT2D eigenvalue weighted by Gasteiger charge is 2.05. The molecule has 2 aromatic carbocycles. The fourth-order valence-electron chi connectivity index (χ4n) is 2.11. The Kier molecular flexibility index (Phi) is 5.98. The predicted octanol–water partition coefficient (Wildman–Crippen LogP) is 2.72. The average Bonchev–Trinajstić information content (AvgIpc) is 2.59. The van der Waals surface area contributed by atoms with Crippen LogP contribution in [0.25, 0.3) is 0 Å². The van der Waals surface area contributed by atoms with Gasteiger partial charge in [0.2, 0.25) is 0 Å². The van der Waals surface area contributed by atoms with Crippen LogP contribution >= 0.6 is 0 Å². The average molecular weight is 299 g/mol. The van der Waals surface area contributed by atoms with E-state index in [4.69, 9.17) is 9.47 Å². The Bertz CT molecular complexity index is 591. The summed E-state index contributed by atoms with van der Waals surface area (Å²) in [6.45, 7) is 1.09. The molecule has 0 aliphatic heterocycles. The van der Waals surface area contributed by atoms with E-state index < -0.39 is 0 Å². The minimum atomic E-state index is 0.0809. The van der Waals surface area contributed by atoms with Crippen LogP contribution in [0, 0.1) is 0 Å². The lowest BCUT2D eigenvalue weighted by Crippen LogP contribution is -2.25. The molecule has 0 aliphatic carbocycles. The number of hydrogen-bond donors (Lipinski definition) is 1. The minimum absolute atomic E-state index is 0.0809. The highest BCUT2D eigenvalue weighted by molar-refractivity contribution is 5.97. The first-order valence-electron chi connectivity index (χ1n) is 7.24. The maximum absolute atomic E-state index is 12.0. The SMILES string of the molecule is COc1ccc(CCNCC(=O)c2ccc(OC)cc2)cc1. The molecular weight excluding hydrogens is 278 g/mol. The van der Waals surface area contributed by atoms with Gasteiger partial charge in [-0.05, 0) is 54.9 Å². The second-order valence-corrected chi connectivity index (χ2v) is 4.93. The molecule has 1 N–H and O–H groups in total. The summed E-state index contributed by atoms with van der Waals surface area (Å²) in [6.07, 6.45) is 0.875. The number of ketones is 1. The first-order valence-corrected chi connectivity index (χ1v) is 7.24. The number of nitrogens with one attached hydrogen (secondary N) is 1. The van der Waals surface area contributed by atoms with Crippen molar-refractivity contribution in [3.05, 3.63) is 59.7 Å². The third-order valence-electron chi connectivity index (χ3n) is 3.45. The van der Waals surface area contributed by atoms with Crippen molar-refractivity contribution in [3.8, 4) is 11.5 Å². The Morgan fingerprint density at radius 2 is 1.45 bits per heavy atom. The van der Waals surface area contributed by atoms with E-state index in [0.717, 1.165) is 24.5 Å². The zero-order chi connectivity index (χ0) is 15.8. The third kappa shape index (κ3) is 4.60. The molecular formula is C18H21NO3. The van der Waals surface area contributed by atoms with Gasteiger partial charge in [-0.2, -0.15) is 0 Å². The van der Waals surface area contributed by atoms with Crippen molar-refractivity contribution in [2.24, 2.45) is 0 Å². The Hall–Kier alpha value is -2.33. The van der Waals surface area contributed by atoms with E-state index in [-0.39, 0.29) is 5.78 Å². The van der Waals surface area contributed by atoms with Crippen molar-refractivity contribution < 1.29 is 14.3 Å². The number of rotatable bonds is 8.